The fourth-order valence-electron chi connectivity index (χ4n) is 2.27. The highest BCUT2D eigenvalue weighted by molar-refractivity contribution is 5.74. The Morgan fingerprint density at radius 2 is 2.14 bits per heavy atom. The maximum Gasteiger partial charge on any atom is 0.240 e. The molecule has 1 N–H and O–H groups in total. The van der Waals surface area contributed by atoms with E-state index in [2.05, 4.69) is 25.0 Å². The van der Waals surface area contributed by atoms with Crippen molar-refractivity contribution in [3.05, 3.63) is 41.8 Å². The third-order valence-electron chi connectivity index (χ3n) is 3.36. The van der Waals surface area contributed by atoms with Crippen molar-refractivity contribution in [3.8, 4) is 0 Å². The van der Waals surface area contributed by atoms with Gasteiger partial charge < -0.3 is 14.2 Å². The Balaban J connectivity index is 1.53. The predicted molar refractivity (Wildman–Crippen MR) is 81.1 cm³/mol. The molecule has 0 radical (unpaired) electrons. The number of nitrogens with one attached hydrogen (secondary N) is 1. The number of aromatic nitrogens is 4. The predicted octanol–water partition coefficient (Wildman–Crippen LogP) is 1.77. The van der Waals surface area contributed by atoms with E-state index in [4.69, 9.17) is 9.26 Å². The average Bonchev–Trinajstić information content (AvgIpc) is 3.12. The first-order valence-corrected chi connectivity index (χ1v) is 7.17. The molecule has 0 saturated heterocycles. The van der Waals surface area contributed by atoms with E-state index in [1.54, 1.807) is 7.11 Å². The fraction of sp³-hybridized carbons (Fsp3) is 0.400. The van der Waals surface area contributed by atoms with Crippen LogP contribution in [0.1, 0.15) is 17.5 Å². The summed E-state index contributed by atoms with van der Waals surface area (Å²) < 4.78 is 10.2. The van der Waals surface area contributed by atoms with Crippen LogP contribution in [-0.4, -0.2) is 45.7 Å². The minimum Gasteiger partial charge on any atom is -0.377 e. The summed E-state index contributed by atoms with van der Waals surface area (Å²) >= 11 is 0. The molecule has 0 unspecified atom stereocenters. The van der Waals surface area contributed by atoms with Crippen molar-refractivity contribution in [2.45, 2.75) is 19.6 Å². The van der Waals surface area contributed by atoms with Crippen LogP contribution in [-0.2, 0) is 24.3 Å². The second kappa shape index (κ2) is 6.67. The summed E-state index contributed by atoms with van der Waals surface area (Å²) in [7, 11) is 3.62. The molecular weight excluding hydrogens is 282 g/mol. The number of aromatic amines is 1. The van der Waals surface area contributed by atoms with Crippen LogP contribution < -0.4 is 0 Å². The lowest BCUT2D eigenvalue weighted by Gasteiger charge is -2.12. The second-order valence-corrected chi connectivity index (χ2v) is 5.23. The molecule has 0 bridgehead atoms. The molecule has 1 aromatic carbocycles. The van der Waals surface area contributed by atoms with Crippen LogP contribution in [0.25, 0.3) is 11.0 Å². The van der Waals surface area contributed by atoms with Crippen molar-refractivity contribution in [1.82, 2.24) is 25.0 Å². The number of rotatable bonds is 7. The van der Waals surface area contributed by atoms with Crippen molar-refractivity contribution in [2.24, 2.45) is 0 Å². The van der Waals surface area contributed by atoms with Crippen LogP contribution >= 0.6 is 0 Å². The summed E-state index contributed by atoms with van der Waals surface area (Å²) in [4.78, 5) is 14.3. The van der Waals surface area contributed by atoms with E-state index < -0.39 is 0 Å². The Morgan fingerprint density at radius 1 is 1.27 bits per heavy atom. The first-order chi connectivity index (χ1) is 10.7. The van der Waals surface area contributed by atoms with Gasteiger partial charge >= 0.3 is 0 Å². The largest absolute Gasteiger partial charge is 0.377 e. The van der Waals surface area contributed by atoms with Gasteiger partial charge in [0.15, 0.2) is 5.82 Å². The van der Waals surface area contributed by atoms with Crippen LogP contribution in [0.5, 0.6) is 0 Å². The zero-order valence-corrected chi connectivity index (χ0v) is 12.7. The lowest BCUT2D eigenvalue weighted by molar-refractivity contribution is 0.174. The van der Waals surface area contributed by atoms with Crippen LogP contribution in [0.2, 0.25) is 0 Å². The molecule has 2 heterocycles. The van der Waals surface area contributed by atoms with Gasteiger partial charge in [0.1, 0.15) is 12.4 Å². The van der Waals surface area contributed by atoms with Gasteiger partial charge in [0, 0.05) is 20.1 Å². The Labute approximate surface area is 128 Å². The van der Waals surface area contributed by atoms with Gasteiger partial charge in [0.2, 0.25) is 5.89 Å². The smallest absolute Gasteiger partial charge is 0.240 e. The topological polar surface area (TPSA) is 80.1 Å². The minimum atomic E-state index is 0.367. The lowest BCUT2D eigenvalue weighted by Crippen LogP contribution is -2.21. The van der Waals surface area contributed by atoms with E-state index in [0.29, 0.717) is 24.9 Å². The van der Waals surface area contributed by atoms with Gasteiger partial charge in [0.05, 0.1) is 17.6 Å². The van der Waals surface area contributed by atoms with Crippen molar-refractivity contribution in [1.29, 1.82) is 0 Å². The minimum absolute atomic E-state index is 0.367. The summed E-state index contributed by atoms with van der Waals surface area (Å²) in [6.07, 6.45) is 0.838. The molecule has 7 heteroatoms. The van der Waals surface area contributed by atoms with Gasteiger partial charge in [-0.1, -0.05) is 17.3 Å². The van der Waals surface area contributed by atoms with Crippen LogP contribution in [0.15, 0.2) is 28.8 Å². The van der Waals surface area contributed by atoms with Crippen molar-refractivity contribution < 1.29 is 9.26 Å². The molecule has 0 aliphatic rings. The number of H-pyrrole nitrogens is 1. The zero-order valence-electron chi connectivity index (χ0n) is 12.7. The standard InChI is InChI=1S/C15H19N5O2/c1-20(9-15-18-14(10-21-2)19-22-15)8-7-13-16-11-5-3-4-6-12(11)17-13/h3-6H,7-10H2,1-2H3,(H,16,17). The van der Waals surface area contributed by atoms with E-state index in [1.807, 2.05) is 31.3 Å². The highest BCUT2D eigenvalue weighted by Gasteiger charge is 2.10. The van der Waals surface area contributed by atoms with Gasteiger partial charge in [-0.15, -0.1) is 0 Å². The van der Waals surface area contributed by atoms with Gasteiger partial charge in [-0.2, -0.15) is 4.98 Å². The molecule has 116 valence electrons. The number of likely N-dealkylation sites (N-methyl/N-ethyl adjacent to an activating group) is 1. The fourth-order valence-corrected chi connectivity index (χ4v) is 2.27. The third-order valence-corrected chi connectivity index (χ3v) is 3.36. The zero-order chi connectivity index (χ0) is 15.4. The molecule has 0 saturated carbocycles. The molecule has 22 heavy (non-hydrogen) atoms. The maximum atomic E-state index is 5.18. The molecule has 0 amide bonds. The molecule has 0 aliphatic carbocycles. The maximum absolute atomic E-state index is 5.18. The highest BCUT2D eigenvalue weighted by Crippen LogP contribution is 2.11. The number of imidazole rings is 1. The number of para-hydroxylation sites is 2. The van der Waals surface area contributed by atoms with Gasteiger partial charge in [-0.25, -0.2) is 4.98 Å². The van der Waals surface area contributed by atoms with Crippen molar-refractivity contribution >= 4 is 11.0 Å². The third kappa shape index (κ3) is 3.49. The Hall–Kier alpha value is -2.25. The van der Waals surface area contributed by atoms with Gasteiger partial charge in [-0.05, 0) is 19.2 Å². The average molecular weight is 301 g/mol. The molecule has 2 aromatic heterocycles. The van der Waals surface area contributed by atoms with E-state index in [9.17, 15) is 0 Å². The van der Waals surface area contributed by atoms with Crippen molar-refractivity contribution in [3.63, 3.8) is 0 Å². The molecule has 0 spiro atoms. The van der Waals surface area contributed by atoms with Crippen LogP contribution in [0.3, 0.4) is 0 Å². The number of methoxy groups -OCH3 is 1. The first-order valence-electron chi connectivity index (χ1n) is 7.17. The molecule has 3 rings (SSSR count). The Bertz CT molecular complexity index is 703. The number of hydrogen-bond donors (Lipinski definition) is 1. The number of nitrogens with zero attached hydrogens (tertiary/aromatic N) is 4. The lowest BCUT2D eigenvalue weighted by atomic mass is 10.3. The van der Waals surface area contributed by atoms with E-state index in [-0.39, 0.29) is 0 Å². The van der Waals surface area contributed by atoms with Crippen LogP contribution in [0.4, 0.5) is 0 Å². The number of fused-ring (bicyclic) bond motifs is 1. The Morgan fingerprint density at radius 3 is 2.95 bits per heavy atom. The van der Waals surface area contributed by atoms with Gasteiger partial charge in [0.25, 0.3) is 0 Å². The summed E-state index contributed by atoms with van der Waals surface area (Å²) in [6, 6.07) is 8.04. The summed E-state index contributed by atoms with van der Waals surface area (Å²) in [6.45, 7) is 1.82. The highest BCUT2D eigenvalue weighted by atomic mass is 16.5. The molecule has 0 atom stereocenters. The normalized spacial score (nSPS) is 11.6. The molecular formula is C15H19N5O2. The van der Waals surface area contributed by atoms with E-state index in [0.717, 1.165) is 29.8 Å². The quantitative estimate of drug-likeness (QED) is 0.716. The van der Waals surface area contributed by atoms with Gasteiger partial charge in [-0.3, -0.25) is 4.90 Å². The summed E-state index contributed by atoms with van der Waals surface area (Å²) in [5.41, 5.74) is 2.07. The number of ether oxygens (including phenoxy) is 1. The molecule has 3 aromatic rings. The molecule has 0 aliphatic heterocycles. The number of hydrogen-bond acceptors (Lipinski definition) is 6. The second-order valence-electron chi connectivity index (χ2n) is 5.23. The monoisotopic (exact) mass is 301 g/mol. The SMILES string of the molecule is COCc1noc(CN(C)CCc2nc3ccccc3[nH]2)n1. The summed E-state index contributed by atoms with van der Waals surface area (Å²) in [5.74, 6) is 2.15. The van der Waals surface area contributed by atoms with E-state index >= 15 is 0 Å². The van der Waals surface area contributed by atoms with E-state index in [1.165, 1.54) is 0 Å². The number of benzene rings is 1. The van der Waals surface area contributed by atoms with Crippen LogP contribution in [0, 0.1) is 0 Å². The van der Waals surface area contributed by atoms with Crippen molar-refractivity contribution in [2.75, 3.05) is 20.7 Å². The Kier molecular flexibility index (Phi) is 4.45. The summed E-state index contributed by atoms with van der Waals surface area (Å²) in [5, 5.41) is 3.85. The molecule has 0 fully saturated rings. The molecule has 7 nitrogen and oxygen atoms in total. The first kappa shape index (κ1) is 14.7.